The largest absolute Gasteiger partial charge is 0.464 e. The van der Waals surface area contributed by atoms with Crippen molar-refractivity contribution in [3.8, 4) is 0 Å². The highest BCUT2D eigenvalue weighted by Crippen LogP contribution is 2.11. The average Bonchev–Trinajstić information content (AvgIpc) is 2.46. The van der Waals surface area contributed by atoms with E-state index in [0.717, 1.165) is 0 Å². The summed E-state index contributed by atoms with van der Waals surface area (Å²) in [5.41, 5.74) is 6.15. The monoisotopic (exact) mass is 186 g/mol. The molecule has 2 N–H and O–H groups in total. The van der Waals surface area contributed by atoms with Crippen molar-refractivity contribution in [2.75, 3.05) is 19.5 Å². The van der Waals surface area contributed by atoms with Crippen molar-refractivity contribution in [3.05, 3.63) is 18.0 Å². The van der Waals surface area contributed by atoms with Gasteiger partial charge in [-0.05, 0) is 6.07 Å². The molecule has 0 saturated carbocycles. The van der Waals surface area contributed by atoms with E-state index in [0.29, 0.717) is 5.69 Å². The van der Waals surface area contributed by atoms with Gasteiger partial charge in [0.05, 0.1) is 19.3 Å². The van der Waals surface area contributed by atoms with E-state index in [4.69, 9.17) is 5.73 Å². The summed E-state index contributed by atoms with van der Waals surface area (Å²) in [6, 6.07) is 1.46. The molecular weight excluding hydrogens is 175 g/mol. The zero-order valence-corrected chi connectivity index (χ0v) is 7.29. The van der Waals surface area contributed by atoms with E-state index in [1.807, 2.05) is 0 Å². The normalized spacial score (nSPS) is 10.0. The lowest BCUT2D eigenvalue weighted by atomic mass is 10.4. The Morgan fingerprint density at radius 3 is 3.00 bits per heavy atom. The first-order valence-electron chi connectivity index (χ1n) is 3.79. The van der Waals surface area contributed by atoms with E-state index < -0.39 is 12.6 Å². The summed E-state index contributed by atoms with van der Waals surface area (Å²) in [6.45, 7) is -0.431. The number of aromatic nitrogens is 1. The second-order valence-electron chi connectivity index (χ2n) is 2.53. The van der Waals surface area contributed by atoms with Gasteiger partial charge in [0.25, 0.3) is 0 Å². The highest BCUT2D eigenvalue weighted by atomic mass is 19.1. The van der Waals surface area contributed by atoms with Crippen LogP contribution in [-0.4, -0.2) is 24.3 Å². The van der Waals surface area contributed by atoms with Gasteiger partial charge in [-0.1, -0.05) is 0 Å². The van der Waals surface area contributed by atoms with Gasteiger partial charge in [-0.2, -0.15) is 0 Å². The Morgan fingerprint density at radius 2 is 2.46 bits per heavy atom. The molecule has 1 aromatic rings. The van der Waals surface area contributed by atoms with E-state index in [-0.39, 0.29) is 12.2 Å². The number of halogens is 1. The molecular formula is C8H11FN2O2. The van der Waals surface area contributed by atoms with Gasteiger partial charge in [-0.25, -0.2) is 9.18 Å². The van der Waals surface area contributed by atoms with Crippen LogP contribution in [0.25, 0.3) is 0 Å². The molecule has 0 aliphatic rings. The molecule has 0 unspecified atom stereocenters. The molecule has 13 heavy (non-hydrogen) atoms. The summed E-state index contributed by atoms with van der Waals surface area (Å²) < 4.78 is 18.0. The Kier molecular flexibility index (Phi) is 2.89. The zero-order valence-electron chi connectivity index (χ0n) is 7.29. The molecule has 1 aromatic heterocycles. The minimum atomic E-state index is -0.544. The van der Waals surface area contributed by atoms with Gasteiger partial charge in [-0.15, -0.1) is 0 Å². The second-order valence-corrected chi connectivity index (χ2v) is 2.53. The van der Waals surface area contributed by atoms with Crippen LogP contribution in [0.4, 0.5) is 10.1 Å². The number of carbonyl (C=O) groups excluding carboxylic acids is 1. The average molecular weight is 186 g/mol. The predicted octanol–water partition coefficient (Wildman–Crippen LogP) is 0.826. The summed E-state index contributed by atoms with van der Waals surface area (Å²) in [4.78, 5) is 11.1. The number of ether oxygens (including phenoxy) is 1. The molecule has 5 heteroatoms. The number of nitrogens with zero attached hydrogens (tertiary/aromatic N) is 1. The van der Waals surface area contributed by atoms with Gasteiger partial charge in [-0.3, -0.25) is 0 Å². The maximum Gasteiger partial charge on any atom is 0.354 e. The fourth-order valence-electron chi connectivity index (χ4n) is 1.08. The molecule has 0 amide bonds. The van der Waals surface area contributed by atoms with Crippen molar-refractivity contribution in [1.29, 1.82) is 0 Å². The molecule has 0 atom stereocenters. The number of nitrogen functional groups attached to an aromatic ring is 1. The third-order valence-electron chi connectivity index (χ3n) is 1.64. The number of hydrogen-bond donors (Lipinski definition) is 1. The number of hydrogen-bond acceptors (Lipinski definition) is 3. The quantitative estimate of drug-likeness (QED) is 0.711. The lowest BCUT2D eigenvalue weighted by Crippen LogP contribution is -2.10. The van der Waals surface area contributed by atoms with Gasteiger partial charge >= 0.3 is 5.97 Å². The van der Waals surface area contributed by atoms with E-state index in [9.17, 15) is 9.18 Å². The van der Waals surface area contributed by atoms with E-state index in [1.54, 1.807) is 0 Å². The van der Waals surface area contributed by atoms with Crippen molar-refractivity contribution in [2.45, 2.75) is 6.54 Å². The lowest BCUT2D eigenvalue weighted by molar-refractivity contribution is 0.0588. The Hall–Kier alpha value is -1.52. The number of aryl methyl sites for hydroxylation is 1. The van der Waals surface area contributed by atoms with Crippen LogP contribution in [0.2, 0.25) is 0 Å². The van der Waals surface area contributed by atoms with Crippen molar-refractivity contribution in [3.63, 3.8) is 0 Å². The Morgan fingerprint density at radius 1 is 1.77 bits per heavy atom. The highest BCUT2D eigenvalue weighted by Gasteiger charge is 2.12. The first kappa shape index (κ1) is 9.57. The number of anilines is 1. The number of nitrogens with two attached hydrogens (primary N) is 1. The van der Waals surface area contributed by atoms with Gasteiger partial charge in [0.15, 0.2) is 0 Å². The highest BCUT2D eigenvalue weighted by molar-refractivity contribution is 5.88. The molecule has 1 heterocycles. The number of alkyl halides is 1. The van der Waals surface area contributed by atoms with Crippen LogP contribution in [0.5, 0.6) is 0 Å². The van der Waals surface area contributed by atoms with Crippen LogP contribution in [0, 0.1) is 0 Å². The predicted molar refractivity (Wildman–Crippen MR) is 46.2 cm³/mol. The molecule has 0 fully saturated rings. The minimum absolute atomic E-state index is 0.113. The zero-order chi connectivity index (χ0) is 9.84. The molecule has 0 aliphatic carbocycles. The van der Waals surface area contributed by atoms with Crippen LogP contribution in [0.3, 0.4) is 0 Å². The van der Waals surface area contributed by atoms with Crippen molar-refractivity contribution < 1.29 is 13.9 Å². The van der Waals surface area contributed by atoms with Gasteiger partial charge in [0.1, 0.15) is 12.4 Å². The van der Waals surface area contributed by atoms with Crippen molar-refractivity contribution in [1.82, 2.24) is 4.57 Å². The topological polar surface area (TPSA) is 57.2 Å². The Bertz CT molecular complexity index is 309. The van der Waals surface area contributed by atoms with Crippen LogP contribution < -0.4 is 5.73 Å². The summed E-state index contributed by atoms with van der Waals surface area (Å²) >= 11 is 0. The molecule has 0 aliphatic heterocycles. The van der Waals surface area contributed by atoms with Gasteiger partial charge in [0, 0.05) is 6.20 Å². The molecule has 0 bridgehead atoms. The number of methoxy groups -OCH3 is 1. The third-order valence-corrected chi connectivity index (χ3v) is 1.64. The first-order chi connectivity index (χ1) is 6.19. The van der Waals surface area contributed by atoms with Crippen LogP contribution in [0.1, 0.15) is 10.5 Å². The molecule has 0 aromatic carbocycles. The Balaban J connectivity index is 2.96. The molecule has 72 valence electrons. The van der Waals surface area contributed by atoms with Gasteiger partial charge in [0.2, 0.25) is 0 Å². The SMILES string of the molecule is COC(=O)c1cc(N)cn1CCF. The fraction of sp³-hybridized carbons (Fsp3) is 0.375. The first-order valence-corrected chi connectivity index (χ1v) is 3.79. The van der Waals surface area contributed by atoms with E-state index in [1.165, 1.54) is 23.9 Å². The molecule has 4 nitrogen and oxygen atoms in total. The summed E-state index contributed by atoms with van der Waals surface area (Å²) in [6.07, 6.45) is 1.51. The van der Waals surface area contributed by atoms with Crippen molar-refractivity contribution in [2.24, 2.45) is 0 Å². The fourth-order valence-corrected chi connectivity index (χ4v) is 1.08. The number of rotatable bonds is 3. The molecule has 1 rings (SSSR count). The lowest BCUT2D eigenvalue weighted by Gasteiger charge is -2.03. The maximum atomic E-state index is 12.0. The van der Waals surface area contributed by atoms with Crippen LogP contribution in [0.15, 0.2) is 12.3 Å². The summed E-state index contributed by atoms with van der Waals surface area (Å²) in [5, 5.41) is 0. The number of esters is 1. The molecule has 0 spiro atoms. The maximum absolute atomic E-state index is 12.0. The van der Waals surface area contributed by atoms with Crippen molar-refractivity contribution >= 4 is 11.7 Å². The summed E-state index contributed by atoms with van der Waals surface area (Å²) in [7, 11) is 1.27. The van der Waals surface area contributed by atoms with Gasteiger partial charge < -0.3 is 15.0 Å². The van der Waals surface area contributed by atoms with E-state index >= 15 is 0 Å². The van der Waals surface area contributed by atoms with Crippen LogP contribution in [-0.2, 0) is 11.3 Å². The smallest absolute Gasteiger partial charge is 0.354 e. The number of carbonyl (C=O) groups is 1. The third kappa shape index (κ3) is 1.99. The standard InChI is InChI=1S/C8H11FN2O2/c1-13-8(12)7-4-6(10)5-11(7)3-2-9/h4-5H,2-3,10H2,1H3. The second kappa shape index (κ2) is 3.93. The summed E-state index contributed by atoms with van der Waals surface area (Å²) in [5.74, 6) is -0.509. The molecule has 0 saturated heterocycles. The van der Waals surface area contributed by atoms with E-state index in [2.05, 4.69) is 4.74 Å². The molecule has 0 radical (unpaired) electrons. The van der Waals surface area contributed by atoms with Crippen LogP contribution >= 0.6 is 0 Å². The minimum Gasteiger partial charge on any atom is -0.464 e. The Labute approximate surface area is 75.1 Å².